The largest absolute Gasteiger partial charge is 0.381 e. The lowest BCUT2D eigenvalue weighted by molar-refractivity contribution is 0.0703. The van der Waals surface area contributed by atoms with Crippen LogP contribution in [0, 0.1) is 5.92 Å². The molecule has 0 radical (unpaired) electrons. The highest BCUT2D eigenvalue weighted by Crippen LogP contribution is 2.28. The van der Waals surface area contributed by atoms with Gasteiger partial charge in [0.15, 0.2) is 0 Å². The van der Waals surface area contributed by atoms with E-state index in [-0.39, 0.29) is 0 Å². The summed E-state index contributed by atoms with van der Waals surface area (Å²) in [5.74, 6) is 0.946. The van der Waals surface area contributed by atoms with Gasteiger partial charge < -0.3 is 10.1 Å². The van der Waals surface area contributed by atoms with E-state index in [0.717, 1.165) is 31.2 Å². The molecule has 2 nitrogen and oxygen atoms in total. The molecule has 2 aliphatic rings. The summed E-state index contributed by atoms with van der Waals surface area (Å²) in [7, 11) is 0. The van der Waals surface area contributed by atoms with E-state index in [0.29, 0.717) is 0 Å². The molecule has 1 aliphatic carbocycles. The molecular formula is C14H27NO. The summed E-state index contributed by atoms with van der Waals surface area (Å²) in [5.41, 5.74) is 0. The van der Waals surface area contributed by atoms with Crippen molar-refractivity contribution in [1.82, 2.24) is 5.32 Å². The summed E-state index contributed by atoms with van der Waals surface area (Å²) in [6.45, 7) is 4.25. The molecule has 94 valence electrons. The molecule has 0 spiro atoms. The number of ether oxygens (including phenoxy) is 1. The Morgan fingerprint density at radius 3 is 2.38 bits per heavy atom. The molecule has 16 heavy (non-hydrogen) atoms. The van der Waals surface area contributed by atoms with Gasteiger partial charge in [-0.3, -0.25) is 0 Å². The molecule has 1 unspecified atom stereocenters. The SMILES string of the molecule is CCC(NC1CCOCC1)C1CCCCC1. The highest BCUT2D eigenvalue weighted by atomic mass is 16.5. The standard InChI is InChI=1S/C14H27NO/c1-2-14(12-6-4-3-5-7-12)15-13-8-10-16-11-9-13/h12-15H,2-11H2,1H3. The average molecular weight is 225 g/mol. The van der Waals surface area contributed by atoms with Crippen LogP contribution in [0.3, 0.4) is 0 Å². The molecule has 1 saturated heterocycles. The van der Waals surface area contributed by atoms with Gasteiger partial charge in [-0.2, -0.15) is 0 Å². The van der Waals surface area contributed by atoms with E-state index < -0.39 is 0 Å². The van der Waals surface area contributed by atoms with Crippen LogP contribution in [0.2, 0.25) is 0 Å². The normalized spacial score (nSPS) is 26.8. The second kappa shape index (κ2) is 6.61. The van der Waals surface area contributed by atoms with E-state index in [2.05, 4.69) is 12.2 Å². The van der Waals surface area contributed by atoms with Gasteiger partial charge in [0.05, 0.1) is 0 Å². The quantitative estimate of drug-likeness (QED) is 0.794. The molecule has 1 N–H and O–H groups in total. The predicted molar refractivity (Wildman–Crippen MR) is 67.6 cm³/mol. The molecule has 1 atom stereocenters. The van der Waals surface area contributed by atoms with E-state index in [4.69, 9.17) is 4.74 Å². The lowest BCUT2D eigenvalue weighted by atomic mass is 9.82. The van der Waals surface area contributed by atoms with Crippen LogP contribution in [0.4, 0.5) is 0 Å². The van der Waals surface area contributed by atoms with Gasteiger partial charge in [0.1, 0.15) is 0 Å². The van der Waals surface area contributed by atoms with Crippen LogP contribution in [-0.2, 0) is 4.74 Å². The maximum Gasteiger partial charge on any atom is 0.0480 e. The highest BCUT2D eigenvalue weighted by molar-refractivity contribution is 4.82. The average Bonchev–Trinajstić information content (AvgIpc) is 2.38. The summed E-state index contributed by atoms with van der Waals surface area (Å²) in [4.78, 5) is 0. The van der Waals surface area contributed by atoms with Crippen molar-refractivity contribution < 1.29 is 4.74 Å². The van der Waals surface area contributed by atoms with Gasteiger partial charge >= 0.3 is 0 Å². The third-order valence-corrected chi connectivity index (χ3v) is 4.33. The van der Waals surface area contributed by atoms with Crippen molar-refractivity contribution in [3.8, 4) is 0 Å². The summed E-state index contributed by atoms with van der Waals surface area (Å²) >= 11 is 0. The summed E-state index contributed by atoms with van der Waals surface area (Å²) in [5, 5.41) is 3.90. The van der Waals surface area contributed by atoms with Crippen molar-refractivity contribution in [3.05, 3.63) is 0 Å². The lowest BCUT2D eigenvalue weighted by Gasteiger charge is -2.34. The van der Waals surface area contributed by atoms with E-state index in [1.165, 1.54) is 51.4 Å². The van der Waals surface area contributed by atoms with Crippen molar-refractivity contribution in [1.29, 1.82) is 0 Å². The molecule has 0 aromatic rings. The fraction of sp³-hybridized carbons (Fsp3) is 1.00. The van der Waals surface area contributed by atoms with Gasteiger partial charge in [-0.15, -0.1) is 0 Å². The van der Waals surface area contributed by atoms with Crippen LogP contribution in [0.5, 0.6) is 0 Å². The van der Waals surface area contributed by atoms with Crippen LogP contribution >= 0.6 is 0 Å². The van der Waals surface area contributed by atoms with Gasteiger partial charge in [0, 0.05) is 25.3 Å². The number of rotatable bonds is 4. The number of hydrogen-bond acceptors (Lipinski definition) is 2. The Hall–Kier alpha value is -0.0800. The fourth-order valence-electron chi connectivity index (χ4n) is 3.29. The van der Waals surface area contributed by atoms with Gasteiger partial charge in [-0.1, -0.05) is 26.2 Å². The minimum Gasteiger partial charge on any atom is -0.381 e. The zero-order chi connectivity index (χ0) is 11.2. The zero-order valence-corrected chi connectivity index (χ0v) is 10.7. The maximum atomic E-state index is 5.42. The molecule has 2 heteroatoms. The fourth-order valence-corrected chi connectivity index (χ4v) is 3.29. The van der Waals surface area contributed by atoms with Crippen LogP contribution in [0.1, 0.15) is 58.3 Å². The first-order valence-electron chi connectivity index (χ1n) is 7.24. The Labute approximate surface area is 100 Å². The van der Waals surface area contributed by atoms with Gasteiger partial charge in [0.2, 0.25) is 0 Å². The van der Waals surface area contributed by atoms with Crippen molar-refractivity contribution in [2.75, 3.05) is 13.2 Å². The first-order chi connectivity index (χ1) is 7.90. The lowest BCUT2D eigenvalue weighted by Crippen LogP contribution is -2.45. The van der Waals surface area contributed by atoms with Crippen LogP contribution in [0.25, 0.3) is 0 Å². The predicted octanol–water partition coefficient (Wildman–Crippen LogP) is 3.11. The van der Waals surface area contributed by atoms with Gasteiger partial charge in [-0.25, -0.2) is 0 Å². The Bertz CT molecular complexity index is 183. The van der Waals surface area contributed by atoms with Crippen molar-refractivity contribution in [2.45, 2.75) is 70.4 Å². The molecular weight excluding hydrogens is 198 g/mol. The molecule has 1 heterocycles. The monoisotopic (exact) mass is 225 g/mol. The minimum absolute atomic E-state index is 0.723. The first kappa shape index (κ1) is 12.4. The second-order valence-electron chi connectivity index (χ2n) is 5.47. The van der Waals surface area contributed by atoms with Gasteiger partial charge in [-0.05, 0) is 38.0 Å². The van der Waals surface area contributed by atoms with Crippen LogP contribution in [0.15, 0.2) is 0 Å². The van der Waals surface area contributed by atoms with E-state index in [1.807, 2.05) is 0 Å². The minimum atomic E-state index is 0.723. The van der Waals surface area contributed by atoms with E-state index in [1.54, 1.807) is 0 Å². The molecule has 0 aromatic carbocycles. The van der Waals surface area contributed by atoms with Crippen LogP contribution in [-0.4, -0.2) is 25.3 Å². The third kappa shape index (κ3) is 3.46. The highest BCUT2D eigenvalue weighted by Gasteiger charge is 2.25. The van der Waals surface area contributed by atoms with Gasteiger partial charge in [0.25, 0.3) is 0 Å². The smallest absolute Gasteiger partial charge is 0.0480 e. The molecule has 0 aromatic heterocycles. The molecule has 1 aliphatic heterocycles. The first-order valence-corrected chi connectivity index (χ1v) is 7.24. The maximum absolute atomic E-state index is 5.42. The number of nitrogens with one attached hydrogen (secondary N) is 1. The van der Waals surface area contributed by atoms with Crippen molar-refractivity contribution in [2.24, 2.45) is 5.92 Å². The summed E-state index contributed by atoms with van der Waals surface area (Å²) in [6.07, 6.45) is 11.0. The summed E-state index contributed by atoms with van der Waals surface area (Å²) < 4.78 is 5.42. The van der Waals surface area contributed by atoms with E-state index in [9.17, 15) is 0 Å². The third-order valence-electron chi connectivity index (χ3n) is 4.33. The Kier molecular flexibility index (Phi) is 5.11. The van der Waals surface area contributed by atoms with Crippen molar-refractivity contribution >= 4 is 0 Å². The number of hydrogen-bond donors (Lipinski definition) is 1. The molecule has 2 rings (SSSR count). The summed E-state index contributed by atoms with van der Waals surface area (Å²) in [6, 6.07) is 1.49. The molecule has 0 amide bonds. The molecule has 0 bridgehead atoms. The molecule has 2 fully saturated rings. The topological polar surface area (TPSA) is 21.3 Å². The Balaban J connectivity index is 1.78. The Morgan fingerprint density at radius 1 is 1.06 bits per heavy atom. The van der Waals surface area contributed by atoms with Crippen LogP contribution < -0.4 is 5.32 Å². The second-order valence-corrected chi connectivity index (χ2v) is 5.47. The zero-order valence-electron chi connectivity index (χ0n) is 10.7. The Morgan fingerprint density at radius 2 is 1.75 bits per heavy atom. The molecule has 1 saturated carbocycles. The van der Waals surface area contributed by atoms with E-state index >= 15 is 0 Å². The van der Waals surface area contributed by atoms with Crippen molar-refractivity contribution in [3.63, 3.8) is 0 Å².